The van der Waals surface area contributed by atoms with Crippen molar-refractivity contribution in [2.75, 3.05) is 5.73 Å². The molecule has 0 unspecified atom stereocenters. The smallest absolute Gasteiger partial charge is 0.241 e. The number of aromatic nitrogens is 1. The van der Waals surface area contributed by atoms with Gasteiger partial charge >= 0.3 is 0 Å². The van der Waals surface area contributed by atoms with Gasteiger partial charge in [0, 0.05) is 11.8 Å². The van der Waals surface area contributed by atoms with Crippen molar-refractivity contribution in [3.63, 3.8) is 0 Å². The number of aryl methyl sites for hydroxylation is 1. The van der Waals surface area contributed by atoms with Crippen LogP contribution in [0.15, 0.2) is 39.8 Å². The first kappa shape index (κ1) is 12.6. The molecule has 0 fully saturated rings. The molecule has 0 aliphatic rings. The van der Waals surface area contributed by atoms with Gasteiger partial charge in [0.25, 0.3) is 0 Å². The summed E-state index contributed by atoms with van der Waals surface area (Å²) < 4.78 is 31.2. The molecule has 96 valence electrons. The molecule has 1 aromatic heterocycles. The Morgan fingerprint density at radius 1 is 1.39 bits per heavy atom. The molecule has 0 amide bonds. The summed E-state index contributed by atoms with van der Waals surface area (Å²) in [6.45, 7) is 1.82. The maximum absolute atomic E-state index is 11.9. The molecular formula is C11H13N3O3S. The number of sulfonamides is 1. The third kappa shape index (κ3) is 2.88. The summed E-state index contributed by atoms with van der Waals surface area (Å²) in [6, 6.07) is 7.75. The minimum absolute atomic E-state index is 0.0535. The van der Waals surface area contributed by atoms with Gasteiger partial charge in [-0.05, 0) is 25.1 Å². The van der Waals surface area contributed by atoms with Crippen LogP contribution in [0.4, 0.5) is 5.69 Å². The van der Waals surface area contributed by atoms with Crippen LogP contribution in [0, 0.1) is 6.92 Å². The zero-order valence-electron chi connectivity index (χ0n) is 9.75. The predicted molar refractivity (Wildman–Crippen MR) is 66.1 cm³/mol. The maximum Gasteiger partial charge on any atom is 0.241 e. The lowest BCUT2D eigenvalue weighted by Crippen LogP contribution is -2.23. The Balaban J connectivity index is 2.13. The Bertz CT molecular complexity index is 649. The lowest BCUT2D eigenvalue weighted by molar-refractivity contribution is 0.377. The number of benzene rings is 1. The number of nitrogens with one attached hydrogen (secondary N) is 1. The quantitative estimate of drug-likeness (QED) is 0.807. The highest BCUT2D eigenvalue weighted by molar-refractivity contribution is 7.89. The summed E-state index contributed by atoms with van der Waals surface area (Å²) in [6.07, 6.45) is 0. The van der Waals surface area contributed by atoms with Gasteiger partial charge in [0.15, 0.2) is 5.76 Å². The molecule has 0 aliphatic heterocycles. The fraction of sp³-hybridized carbons (Fsp3) is 0.182. The molecule has 3 N–H and O–H groups in total. The highest BCUT2D eigenvalue weighted by Crippen LogP contribution is 2.13. The van der Waals surface area contributed by atoms with Gasteiger partial charge in [0.1, 0.15) is 0 Å². The normalized spacial score (nSPS) is 11.6. The van der Waals surface area contributed by atoms with Crippen molar-refractivity contribution in [2.24, 2.45) is 0 Å². The minimum atomic E-state index is -3.59. The molecular weight excluding hydrogens is 254 g/mol. The lowest BCUT2D eigenvalue weighted by Gasteiger charge is -2.05. The van der Waals surface area contributed by atoms with Crippen LogP contribution in [-0.2, 0) is 16.6 Å². The maximum atomic E-state index is 11.9. The van der Waals surface area contributed by atoms with Gasteiger partial charge in [-0.25, -0.2) is 13.1 Å². The second-order valence-corrected chi connectivity index (χ2v) is 5.60. The molecule has 1 heterocycles. The lowest BCUT2D eigenvalue weighted by atomic mass is 10.3. The monoisotopic (exact) mass is 267 g/mol. The van der Waals surface area contributed by atoms with E-state index in [4.69, 9.17) is 10.3 Å². The summed E-state index contributed by atoms with van der Waals surface area (Å²) in [7, 11) is -3.59. The van der Waals surface area contributed by atoms with Crippen LogP contribution >= 0.6 is 0 Å². The minimum Gasteiger partial charge on any atom is -0.399 e. The topological polar surface area (TPSA) is 98.2 Å². The van der Waals surface area contributed by atoms with Gasteiger partial charge in [0.2, 0.25) is 10.0 Å². The van der Waals surface area contributed by atoms with Crippen LogP contribution < -0.4 is 10.5 Å². The molecule has 0 atom stereocenters. The molecule has 6 nitrogen and oxygen atoms in total. The third-order valence-electron chi connectivity index (χ3n) is 2.28. The first-order valence-electron chi connectivity index (χ1n) is 5.25. The molecule has 0 saturated heterocycles. The SMILES string of the molecule is Cc1cc(CNS(=O)(=O)c2cccc(N)c2)on1. The van der Waals surface area contributed by atoms with Crippen LogP contribution in [0.5, 0.6) is 0 Å². The molecule has 0 bridgehead atoms. The van der Waals surface area contributed by atoms with Crippen LogP contribution in [0.3, 0.4) is 0 Å². The molecule has 0 aliphatic carbocycles. The van der Waals surface area contributed by atoms with Crippen molar-refractivity contribution >= 4 is 15.7 Å². The predicted octanol–water partition coefficient (Wildman–Crippen LogP) is 1.04. The standard InChI is InChI=1S/C11H13N3O3S/c1-8-5-10(17-14-8)7-13-18(15,16)11-4-2-3-9(12)6-11/h2-6,13H,7,12H2,1H3. The number of hydrogen-bond acceptors (Lipinski definition) is 5. The number of nitrogens with zero attached hydrogens (tertiary/aromatic N) is 1. The number of anilines is 1. The molecule has 1 aromatic carbocycles. The third-order valence-corrected chi connectivity index (χ3v) is 3.68. The number of nitrogen functional groups attached to an aromatic ring is 1. The summed E-state index contributed by atoms with van der Waals surface area (Å²) >= 11 is 0. The highest BCUT2D eigenvalue weighted by atomic mass is 32.2. The average molecular weight is 267 g/mol. The van der Waals surface area contributed by atoms with E-state index in [1.54, 1.807) is 25.1 Å². The van der Waals surface area contributed by atoms with Crippen LogP contribution in [0.25, 0.3) is 0 Å². The van der Waals surface area contributed by atoms with Crippen LogP contribution in [0.2, 0.25) is 0 Å². The average Bonchev–Trinajstić information content (AvgIpc) is 2.73. The molecule has 2 rings (SSSR count). The van der Waals surface area contributed by atoms with E-state index in [0.29, 0.717) is 17.1 Å². The van der Waals surface area contributed by atoms with Crippen molar-refractivity contribution in [1.82, 2.24) is 9.88 Å². The Labute approximate surface area is 105 Å². The molecule has 0 saturated carbocycles. The molecule has 2 aromatic rings. The van der Waals surface area contributed by atoms with E-state index in [1.807, 2.05) is 0 Å². The van der Waals surface area contributed by atoms with E-state index < -0.39 is 10.0 Å². The number of rotatable bonds is 4. The Hall–Kier alpha value is -1.86. The van der Waals surface area contributed by atoms with Gasteiger partial charge in [-0.3, -0.25) is 0 Å². The van der Waals surface area contributed by atoms with E-state index >= 15 is 0 Å². The molecule has 7 heteroatoms. The van der Waals surface area contributed by atoms with Gasteiger partial charge in [0.05, 0.1) is 17.1 Å². The second kappa shape index (κ2) is 4.79. The zero-order valence-corrected chi connectivity index (χ0v) is 10.6. The van der Waals surface area contributed by atoms with E-state index in [0.717, 1.165) is 0 Å². The summed E-state index contributed by atoms with van der Waals surface area (Å²) in [5.74, 6) is 0.458. The number of hydrogen-bond donors (Lipinski definition) is 2. The second-order valence-electron chi connectivity index (χ2n) is 3.83. The Morgan fingerprint density at radius 3 is 2.78 bits per heavy atom. The zero-order chi connectivity index (χ0) is 13.2. The van der Waals surface area contributed by atoms with Gasteiger partial charge in [-0.1, -0.05) is 11.2 Å². The fourth-order valence-corrected chi connectivity index (χ4v) is 2.48. The van der Waals surface area contributed by atoms with Gasteiger partial charge in [-0.2, -0.15) is 0 Å². The van der Waals surface area contributed by atoms with E-state index in [1.165, 1.54) is 12.1 Å². The van der Waals surface area contributed by atoms with Crippen molar-refractivity contribution in [3.05, 3.63) is 41.8 Å². The molecule has 18 heavy (non-hydrogen) atoms. The van der Waals surface area contributed by atoms with E-state index in [-0.39, 0.29) is 11.4 Å². The van der Waals surface area contributed by atoms with Crippen molar-refractivity contribution in [3.8, 4) is 0 Å². The Kier molecular flexibility index (Phi) is 3.35. The van der Waals surface area contributed by atoms with E-state index in [2.05, 4.69) is 9.88 Å². The van der Waals surface area contributed by atoms with Crippen molar-refractivity contribution in [1.29, 1.82) is 0 Å². The first-order chi connectivity index (χ1) is 8.47. The van der Waals surface area contributed by atoms with E-state index in [9.17, 15) is 8.42 Å². The largest absolute Gasteiger partial charge is 0.399 e. The van der Waals surface area contributed by atoms with Gasteiger partial charge < -0.3 is 10.3 Å². The van der Waals surface area contributed by atoms with Crippen molar-refractivity contribution in [2.45, 2.75) is 18.4 Å². The van der Waals surface area contributed by atoms with Gasteiger partial charge in [-0.15, -0.1) is 0 Å². The fourth-order valence-electron chi connectivity index (χ4n) is 1.43. The van der Waals surface area contributed by atoms with Crippen molar-refractivity contribution < 1.29 is 12.9 Å². The molecule has 0 spiro atoms. The van der Waals surface area contributed by atoms with Crippen LogP contribution in [0.1, 0.15) is 11.5 Å². The highest BCUT2D eigenvalue weighted by Gasteiger charge is 2.14. The Morgan fingerprint density at radius 2 is 2.17 bits per heavy atom. The first-order valence-corrected chi connectivity index (χ1v) is 6.73. The summed E-state index contributed by atoms with van der Waals surface area (Å²) in [4.78, 5) is 0.124. The molecule has 0 radical (unpaired) electrons. The summed E-state index contributed by atoms with van der Waals surface area (Å²) in [5, 5.41) is 3.67. The number of nitrogens with two attached hydrogens (primary N) is 1. The van der Waals surface area contributed by atoms with Crippen LogP contribution in [-0.4, -0.2) is 13.6 Å². The summed E-state index contributed by atoms with van der Waals surface area (Å²) in [5.41, 5.74) is 6.64.